The van der Waals surface area contributed by atoms with E-state index in [1.165, 1.54) is 47.1 Å². The second-order valence-corrected chi connectivity index (χ2v) is 9.34. The molecule has 2 fully saturated rings. The molecule has 3 unspecified atom stereocenters. The van der Waals surface area contributed by atoms with E-state index >= 15 is 0 Å². The molecular formula is C29H33NO2. The van der Waals surface area contributed by atoms with Crippen molar-refractivity contribution < 1.29 is 9.47 Å². The number of fused-ring (bicyclic) bond motifs is 1. The molecule has 2 aliphatic rings. The first-order chi connectivity index (χ1) is 15.7. The van der Waals surface area contributed by atoms with Gasteiger partial charge in [-0.05, 0) is 73.9 Å². The predicted octanol–water partition coefficient (Wildman–Crippen LogP) is 6.38. The fraction of sp³-hybridized carbons (Fsp3) is 0.379. The molecule has 2 aliphatic heterocycles. The monoisotopic (exact) mass is 427 g/mol. The molecule has 0 spiro atoms. The molecule has 0 radical (unpaired) electrons. The zero-order chi connectivity index (χ0) is 21.9. The van der Waals surface area contributed by atoms with Gasteiger partial charge < -0.3 is 9.47 Å². The molecule has 3 aromatic carbocycles. The van der Waals surface area contributed by atoms with Crippen molar-refractivity contribution in [1.82, 2.24) is 4.90 Å². The topological polar surface area (TPSA) is 21.7 Å². The van der Waals surface area contributed by atoms with Gasteiger partial charge in [0.25, 0.3) is 0 Å². The molecule has 3 nitrogen and oxygen atoms in total. The van der Waals surface area contributed by atoms with Crippen molar-refractivity contribution >= 4 is 0 Å². The highest BCUT2D eigenvalue weighted by Crippen LogP contribution is 2.41. The van der Waals surface area contributed by atoms with Gasteiger partial charge in [-0.2, -0.15) is 0 Å². The third-order valence-corrected chi connectivity index (χ3v) is 7.15. The lowest BCUT2D eigenvalue weighted by Gasteiger charge is -2.23. The van der Waals surface area contributed by atoms with E-state index in [1.54, 1.807) is 0 Å². The van der Waals surface area contributed by atoms with Crippen LogP contribution in [0.25, 0.3) is 0 Å². The van der Waals surface area contributed by atoms with Crippen LogP contribution in [0.4, 0.5) is 0 Å². The smallest absolute Gasteiger partial charge is 0.119 e. The number of rotatable bonds is 7. The number of ether oxygens (including phenoxy) is 2. The standard InChI is InChI=1S/C29H33NO2/c1-21-8-9-22(2)25(18-21)10-13-26-14-17-28-29(32-20-30(26)28)24-11-15-27(16-12-24)31-19-23-6-4-3-5-7-23/h3-9,11-12,15-16,18,26,28-29H,10,13-14,17,19-20H2,1-2H3. The molecule has 166 valence electrons. The van der Waals surface area contributed by atoms with E-state index in [4.69, 9.17) is 9.47 Å². The molecule has 0 bridgehead atoms. The first-order valence-corrected chi connectivity index (χ1v) is 11.9. The summed E-state index contributed by atoms with van der Waals surface area (Å²) in [5.74, 6) is 0.908. The van der Waals surface area contributed by atoms with E-state index in [-0.39, 0.29) is 6.10 Å². The highest BCUT2D eigenvalue weighted by atomic mass is 16.5. The van der Waals surface area contributed by atoms with Gasteiger partial charge in [0.2, 0.25) is 0 Å². The minimum atomic E-state index is 0.170. The lowest BCUT2D eigenvalue weighted by atomic mass is 9.98. The van der Waals surface area contributed by atoms with Crippen molar-refractivity contribution in [2.75, 3.05) is 6.73 Å². The Hall–Kier alpha value is -2.62. The number of hydrogen-bond donors (Lipinski definition) is 0. The molecule has 0 aromatic heterocycles. The van der Waals surface area contributed by atoms with Crippen molar-refractivity contribution in [3.8, 4) is 5.75 Å². The average Bonchev–Trinajstić information content (AvgIpc) is 3.42. The van der Waals surface area contributed by atoms with Crippen LogP contribution in [-0.2, 0) is 17.8 Å². The van der Waals surface area contributed by atoms with Crippen LogP contribution in [0.1, 0.15) is 53.2 Å². The number of hydrogen-bond acceptors (Lipinski definition) is 3. The average molecular weight is 428 g/mol. The first kappa shape index (κ1) is 21.2. The second kappa shape index (κ2) is 9.48. The van der Waals surface area contributed by atoms with Gasteiger partial charge >= 0.3 is 0 Å². The molecule has 5 rings (SSSR count). The van der Waals surface area contributed by atoms with Crippen molar-refractivity contribution in [3.05, 3.63) is 101 Å². The zero-order valence-corrected chi connectivity index (χ0v) is 19.2. The second-order valence-electron chi connectivity index (χ2n) is 9.34. The Labute approximate surface area is 192 Å². The maximum absolute atomic E-state index is 6.29. The van der Waals surface area contributed by atoms with Crippen molar-refractivity contribution in [3.63, 3.8) is 0 Å². The molecule has 2 heterocycles. The van der Waals surface area contributed by atoms with Gasteiger partial charge in [-0.3, -0.25) is 4.90 Å². The molecule has 3 atom stereocenters. The molecule has 32 heavy (non-hydrogen) atoms. The summed E-state index contributed by atoms with van der Waals surface area (Å²) in [5, 5.41) is 0. The summed E-state index contributed by atoms with van der Waals surface area (Å²) in [4.78, 5) is 2.61. The Kier molecular flexibility index (Phi) is 6.29. The minimum Gasteiger partial charge on any atom is -0.489 e. The van der Waals surface area contributed by atoms with Gasteiger partial charge in [-0.25, -0.2) is 0 Å². The lowest BCUT2D eigenvalue weighted by Crippen LogP contribution is -2.33. The molecule has 0 saturated carbocycles. The van der Waals surface area contributed by atoms with Gasteiger partial charge in [0, 0.05) is 12.1 Å². The SMILES string of the molecule is Cc1ccc(C)c(CCC2CCC3C(c4ccc(OCc5ccccc5)cc4)OCN23)c1. The van der Waals surface area contributed by atoms with E-state index in [0.717, 1.165) is 18.9 Å². The largest absolute Gasteiger partial charge is 0.489 e. The lowest BCUT2D eigenvalue weighted by molar-refractivity contribution is 0.0734. The molecule has 0 amide bonds. The normalized spacial score (nSPS) is 22.8. The number of nitrogens with zero attached hydrogens (tertiary/aromatic N) is 1. The van der Waals surface area contributed by atoms with Crippen LogP contribution in [0, 0.1) is 13.8 Å². The Morgan fingerprint density at radius 1 is 0.938 bits per heavy atom. The van der Waals surface area contributed by atoms with Gasteiger partial charge in [0.15, 0.2) is 0 Å². The number of benzene rings is 3. The Balaban J connectivity index is 1.17. The molecule has 3 heteroatoms. The molecular weight excluding hydrogens is 394 g/mol. The van der Waals surface area contributed by atoms with E-state index in [0.29, 0.717) is 18.7 Å². The zero-order valence-electron chi connectivity index (χ0n) is 19.2. The summed E-state index contributed by atoms with van der Waals surface area (Å²) in [6.07, 6.45) is 5.02. The molecule has 0 aliphatic carbocycles. The van der Waals surface area contributed by atoms with Crippen LogP contribution in [0.15, 0.2) is 72.8 Å². The molecule has 2 saturated heterocycles. The Bertz CT molecular complexity index is 1030. The minimum absolute atomic E-state index is 0.170. The van der Waals surface area contributed by atoms with Crippen LogP contribution in [0.3, 0.4) is 0 Å². The maximum Gasteiger partial charge on any atom is 0.119 e. The first-order valence-electron chi connectivity index (χ1n) is 11.9. The summed E-state index contributed by atoms with van der Waals surface area (Å²) in [7, 11) is 0. The highest BCUT2D eigenvalue weighted by molar-refractivity contribution is 5.32. The van der Waals surface area contributed by atoms with E-state index in [1.807, 2.05) is 18.2 Å². The maximum atomic E-state index is 6.29. The van der Waals surface area contributed by atoms with Gasteiger partial charge in [0.05, 0.1) is 6.10 Å². The van der Waals surface area contributed by atoms with Gasteiger partial charge in [-0.1, -0.05) is 66.2 Å². The van der Waals surface area contributed by atoms with Crippen LogP contribution in [0.2, 0.25) is 0 Å². The van der Waals surface area contributed by atoms with Gasteiger partial charge in [-0.15, -0.1) is 0 Å². The summed E-state index contributed by atoms with van der Waals surface area (Å²) in [5.41, 5.74) is 6.71. The summed E-state index contributed by atoms with van der Waals surface area (Å²) in [6, 6.07) is 26.7. The van der Waals surface area contributed by atoms with Crippen LogP contribution >= 0.6 is 0 Å². The third-order valence-electron chi connectivity index (χ3n) is 7.15. The molecule has 3 aromatic rings. The fourth-order valence-electron chi connectivity index (χ4n) is 5.28. The quantitative estimate of drug-likeness (QED) is 0.437. The van der Waals surface area contributed by atoms with E-state index in [2.05, 4.69) is 73.3 Å². The van der Waals surface area contributed by atoms with Crippen LogP contribution in [-0.4, -0.2) is 23.7 Å². The summed E-state index contributed by atoms with van der Waals surface area (Å²) in [6.45, 7) is 5.76. The van der Waals surface area contributed by atoms with E-state index in [9.17, 15) is 0 Å². The van der Waals surface area contributed by atoms with Crippen LogP contribution in [0.5, 0.6) is 5.75 Å². The fourth-order valence-corrected chi connectivity index (χ4v) is 5.28. The summed E-state index contributed by atoms with van der Waals surface area (Å²) >= 11 is 0. The van der Waals surface area contributed by atoms with Crippen molar-refractivity contribution in [2.24, 2.45) is 0 Å². The summed E-state index contributed by atoms with van der Waals surface area (Å²) < 4.78 is 12.2. The third kappa shape index (κ3) is 4.60. The number of aryl methyl sites for hydroxylation is 3. The van der Waals surface area contributed by atoms with E-state index < -0.39 is 0 Å². The van der Waals surface area contributed by atoms with Crippen molar-refractivity contribution in [1.29, 1.82) is 0 Å². The Morgan fingerprint density at radius 2 is 1.75 bits per heavy atom. The predicted molar refractivity (Wildman–Crippen MR) is 129 cm³/mol. The van der Waals surface area contributed by atoms with Gasteiger partial charge in [0.1, 0.15) is 19.1 Å². The van der Waals surface area contributed by atoms with Crippen molar-refractivity contribution in [2.45, 2.75) is 64.3 Å². The Morgan fingerprint density at radius 3 is 2.56 bits per heavy atom. The van der Waals surface area contributed by atoms with Crippen LogP contribution < -0.4 is 4.74 Å². The highest BCUT2D eigenvalue weighted by Gasteiger charge is 2.43. The molecule has 0 N–H and O–H groups in total.